The second-order valence-corrected chi connectivity index (χ2v) is 6.88. The molecule has 2 aromatic rings. The Morgan fingerprint density at radius 1 is 1.22 bits per heavy atom. The Bertz CT molecular complexity index is 836. The van der Waals surface area contributed by atoms with Gasteiger partial charge in [-0.25, -0.2) is 0 Å². The van der Waals surface area contributed by atoms with E-state index in [1.807, 2.05) is 4.90 Å². The van der Waals surface area contributed by atoms with E-state index in [0.717, 1.165) is 12.1 Å². The van der Waals surface area contributed by atoms with E-state index in [1.54, 1.807) is 19.1 Å². The van der Waals surface area contributed by atoms with Crippen molar-refractivity contribution in [2.75, 3.05) is 23.3 Å². The van der Waals surface area contributed by atoms with Crippen LogP contribution in [0, 0.1) is 12.8 Å². The molecule has 1 N–H and O–H groups in total. The smallest absolute Gasteiger partial charge is 0.371 e. The predicted octanol–water partition coefficient (Wildman–Crippen LogP) is 4.31. The van der Waals surface area contributed by atoms with E-state index in [1.165, 1.54) is 6.07 Å². The van der Waals surface area contributed by atoms with E-state index < -0.39 is 11.7 Å². The number of nitrogens with one attached hydrogen (secondary N) is 1. The van der Waals surface area contributed by atoms with Gasteiger partial charge in [-0.1, -0.05) is 17.7 Å². The Morgan fingerprint density at radius 2 is 1.93 bits per heavy atom. The zero-order chi connectivity index (χ0) is 19.6. The van der Waals surface area contributed by atoms with Crippen molar-refractivity contribution in [3.8, 4) is 0 Å². The molecule has 1 aliphatic heterocycles. The van der Waals surface area contributed by atoms with Gasteiger partial charge in [0.2, 0.25) is 5.91 Å². The van der Waals surface area contributed by atoms with E-state index in [0.29, 0.717) is 43.0 Å². The van der Waals surface area contributed by atoms with Crippen LogP contribution in [0.1, 0.15) is 24.0 Å². The molecular weight excluding hydrogens is 381 g/mol. The third-order valence-corrected chi connectivity index (χ3v) is 4.79. The lowest BCUT2D eigenvalue weighted by molar-refractivity contribution is -0.137. The number of aromatic nitrogens is 2. The molecule has 144 valence electrons. The summed E-state index contributed by atoms with van der Waals surface area (Å²) in [5, 5.41) is 10.6. The third kappa shape index (κ3) is 4.68. The van der Waals surface area contributed by atoms with Crippen LogP contribution in [0.3, 0.4) is 0 Å². The second-order valence-electron chi connectivity index (χ2n) is 6.50. The van der Waals surface area contributed by atoms with Crippen LogP contribution >= 0.6 is 11.6 Å². The van der Waals surface area contributed by atoms with E-state index in [4.69, 9.17) is 11.6 Å². The third-order valence-electron chi connectivity index (χ3n) is 4.60. The molecule has 5 nitrogen and oxygen atoms in total. The highest BCUT2D eigenvalue weighted by molar-refractivity contribution is 6.29. The van der Waals surface area contributed by atoms with E-state index in [-0.39, 0.29) is 17.0 Å². The van der Waals surface area contributed by atoms with Crippen molar-refractivity contribution in [3.05, 3.63) is 46.6 Å². The number of hydrogen-bond acceptors (Lipinski definition) is 4. The number of carbonyl (C=O) groups excluding carboxylic acids is 1. The Labute approximate surface area is 159 Å². The SMILES string of the molecule is Cc1cc(Cl)nnc1NC(=O)C1CCN(c2cccc(C(F)(F)F)c2)CC1. The first-order valence-electron chi connectivity index (χ1n) is 8.47. The number of rotatable bonds is 3. The minimum absolute atomic E-state index is 0.168. The summed E-state index contributed by atoms with van der Waals surface area (Å²) in [7, 11) is 0. The van der Waals surface area contributed by atoms with E-state index in [9.17, 15) is 18.0 Å². The Balaban J connectivity index is 1.61. The fourth-order valence-corrected chi connectivity index (χ4v) is 3.28. The van der Waals surface area contributed by atoms with Gasteiger partial charge in [0.05, 0.1) is 5.56 Å². The average molecular weight is 399 g/mol. The molecule has 0 atom stereocenters. The summed E-state index contributed by atoms with van der Waals surface area (Å²) in [5.41, 5.74) is 0.560. The summed E-state index contributed by atoms with van der Waals surface area (Å²) < 4.78 is 38.6. The lowest BCUT2D eigenvalue weighted by Gasteiger charge is -2.33. The summed E-state index contributed by atoms with van der Waals surface area (Å²) in [6.45, 7) is 2.78. The molecule has 0 spiro atoms. The predicted molar refractivity (Wildman–Crippen MR) is 96.8 cm³/mol. The van der Waals surface area contributed by atoms with Crippen molar-refractivity contribution in [3.63, 3.8) is 0 Å². The number of amides is 1. The molecule has 2 heterocycles. The van der Waals surface area contributed by atoms with Crippen LogP contribution in [-0.4, -0.2) is 29.2 Å². The number of nitrogens with zero attached hydrogens (tertiary/aromatic N) is 3. The number of benzene rings is 1. The maximum absolute atomic E-state index is 12.9. The van der Waals surface area contributed by atoms with Crippen LogP contribution in [0.25, 0.3) is 0 Å². The quantitative estimate of drug-likeness (QED) is 0.836. The monoisotopic (exact) mass is 398 g/mol. The molecule has 1 aromatic carbocycles. The number of alkyl halides is 3. The van der Waals surface area contributed by atoms with Gasteiger partial charge in [0, 0.05) is 24.7 Å². The molecule has 1 amide bonds. The summed E-state index contributed by atoms with van der Waals surface area (Å²) >= 11 is 5.75. The Hall–Kier alpha value is -2.35. The number of halogens is 4. The number of aryl methyl sites for hydroxylation is 1. The number of anilines is 2. The molecule has 27 heavy (non-hydrogen) atoms. The summed E-state index contributed by atoms with van der Waals surface area (Å²) in [4.78, 5) is 14.3. The van der Waals surface area contributed by atoms with Crippen LogP contribution in [0.15, 0.2) is 30.3 Å². The average Bonchev–Trinajstić information content (AvgIpc) is 2.63. The molecular formula is C18H18ClF3N4O. The van der Waals surface area contributed by atoms with Gasteiger partial charge in [-0.2, -0.15) is 13.2 Å². The summed E-state index contributed by atoms with van der Waals surface area (Å²) in [6, 6.07) is 6.87. The first-order valence-corrected chi connectivity index (χ1v) is 8.85. The Morgan fingerprint density at radius 3 is 2.56 bits per heavy atom. The fraction of sp³-hybridized carbons (Fsp3) is 0.389. The lowest BCUT2D eigenvalue weighted by atomic mass is 9.95. The molecule has 0 bridgehead atoms. The molecule has 0 aliphatic carbocycles. The van der Waals surface area contributed by atoms with Crippen LogP contribution < -0.4 is 10.2 Å². The molecule has 9 heteroatoms. The van der Waals surface area contributed by atoms with Crippen molar-refractivity contribution in [2.45, 2.75) is 25.9 Å². The normalized spacial score (nSPS) is 15.7. The van der Waals surface area contributed by atoms with Crippen LogP contribution in [0.2, 0.25) is 5.15 Å². The van der Waals surface area contributed by atoms with Crippen LogP contribution in [0.4, 0.5) is 24.7 Å². The molecule has 0 radical (unpaired) electrons. The van der Waals surface area contributed by atoms with Gasteiger partial charge >= 0.3 is 6.18 Å². The van der Waals surface area contributed by atoms with Gasteiger partial charge in [0.1, 0.15) is 0 Å². The van der Waals surface area contributed by atoms with Gasteiger partial charge in [0.25, 0.3) is 0 Å². The van der Waals surface area contributed by atoms with E-state index >= 15 is 0 Å². The number of carbonyl (C=O) groups is 1. The molecule has 1 saturated heterocycles. The molecule has 0 saturated carbocycles. The standard InChI is InChI=1S/C18H18ClF3N4O/c1-11-9-15(19)24-25-16(11)23-17(27)12-5-7-26(8-6-12)14-4-2-3-13(10-14)18(20,21)22/h2-4,9-10,12H,5-8H2,1H3,(H,23,25,27). The van der Waals surface area contributed by atoms with Crippen molar-refractivity contribution in [2.24, 2.45) is 5.92 Å². The lowest BCUT2D eigenvalue weighted by Crippen LogP contribution is -2.38. The molecule has 1 fully saturated rings. The zero-order valence-electron chi connectivity index (χ0n) is 14.6. The summed E-state index contributed by atoms with van der Waals surface area (Å²) in [6.07, 6.45) is -3.28. The first-order chi connectivity index (χ1) is 12.7. The highest BCUT2D eigenvalue weighted by Crippen LogP contribution is 2.33. The van der Waals surface area contributed by atoms with Crippen LogP contribution in [0.5, 0.6) is 0 Å². The van der Waals surface area contributed by atoms with Crippen molar-refractivity contribution >= 4 is 29.0 Å². The van der Waals surface area contributed by atoms with Crippen molar-refractivity contribution in [1.82, 2.24) is 10.2 Å². The van der Waals surface area contributed by atoms with Gasteiger partial charge in [-0.05, 0) is 49.6 Å². The molecule has 0 unspecified atom stereocenters. The van der Waals surface area contributed by atoms with E-state index in [2.05, 4.69) is 15.5 Å². The van der Waals surface area contributed by atoms with Gasteiger partial charge in [0.15, 0.2) is 11.0 Å². The highest BCUT2D eigenvalue weighted by atomic mass is 35.5. The first kappa shape index (κ1) is 19.4. The molecule has 1 aliphatic rings. The van der Waals surface area contributed by atoms with Crippen LogP contribution in [-0.2, 0) is 11.0 Å². The van der Waals surface area contributed by atoms with Gasteiger partial charge in [-0.15, -0.1) is 10.2 Å². The maximum atomic E-state index is 12.9. The fourth-order valence-electron chi connectivity index (χ4n) is 3.07. The summed E-state index contributed by atoms with van der Waals surface area (Å²) in [5.74, 6) is -0.0351. The number of piperidine rings is 1. The van der Waals surface area contributed by atoms with Crippen molar-refractivity contribution in [1.29, 1.82) is 0 Å². The van der Waals surface area contributed by atoms with Gasteiger partial charge in [-0.3, -0.25) is 4.79 Å². The minimum Gasteiger partial charge on any atom is -0.371 e. The van der Waals surface area contributed by atoms with Gasteiger partial charge < -0.3 is 10.2 Å². The number of hydrogen-bond donors (Lipinski definition) is 1. The second kappa shape index (κ2) is 7.72. The minimum atomic E-state index is -4.37. The highest BCUT2D eigenvalue weighted by Gasteiger charge is 2.31. The Kier molecular flexibility index (Phi) is 5.55. The molecule has 3 rings (SSSR count). The molecule has 1 aromatic heterocycles. The topological polar surface area (TPSA) is 58.1 Å². The van der Waals surface area contributed by atoms with Crippen molar-refractivity contribution < 1.29 is 18.0 Å². The maximum Gasteiger partial charge on any atom is 0.416 e. The zero-order valence-corrected chi connectivity index (χ0v) is 15.3. The largest absolute Gasteiger partial charge is 0.416 e.